The van der Waals surface area contributed by atoms with Gasteiger partial charge in [0.05, 0.1) is 18.9 Å². The number of nitrogens with one attached hydrogen (secondary N) is 2. The molecule has 0 aliphatic rings. The SMILES string of the molecule is COc1cc(Nc2nc(Nc3cc(C)cc(C)c3)ncc2F)cc(C(F)(F)F)c1. The maximum atomic E-state index is 14.2. The number of benzene rings is 2. The molecule has 1 aromatic heterocycles. The highest BCUT2D eigenvalue weighted by atomic mass is 19.4. The average molecular weight is 406 g/mol. The van der Waals surface area contributed by atoms with Gasteiger partial charge in [0.25, 0.3) is 0 Å². The Bertz CT molecular complexity index is 1020. The van der Waals surface area contributed by atoms with Gasteiger partial charge < -0.3 is 15.4 Å². The lowest BCUT2D eigenvalue weighted by atomic mass is 10.1. The molecule has 29 heavy (non-hydrogen) atoms. The van der Waals surface area contributed by atoms with Crippen LogP contribution in [0.4, 0.5) is 40.7 Å². The van der Waals surface area contributed by atoms with Crippen LogP contribution < -0.4 is 15.4 Å². The number of alkyl halides is 3. The molecule has 0 unspecified atom stereocenters. The van der Waals surface area contributed by atoms with Crippen molar-refractivity contribution in [2.24, 2.45) is 0 Å². The molecule has 152 valence electrons. The van der Waals surface area contributed by atoms with Crippen LogP contribution >= 0.6 is 0 Å². The maximum absolute atomic E-state index is 14.2. The van der Waals surface area contributed by atoms with Gasteiger partial charge in [-0.05, 0) is 49.2 Å². The summed E-state index contributed by atoms with van der Waals surface area (Å²) < 4.78 is 58.3. The molecule has 0 aliphatic heterocycles. The molecule has 3 aromatic rings. The minimum Gasteiger partial charge on any atom is -0.497 e. The van der Waals surface area contributed by atoms with E-state index in [9.17, 15) is 17.6 Å². The smallest absolute Gasteiger partial charge is 0.416 e. The quantitative estimate of drug-likeness (QED) is 0.529. The van der Waals surface area contributed by atoms with Gasteiger partial charge in [0.1, 0.15) is 5.75 Å². The van der Waals surface area contributed by atoms with Gasteiger partial charge >= 0.3 is 6.18 Å². The van der Waals surface area contributed by atoms with Crippen LogP contribution in [0.25, 0.3) is 0 Å². The molecule has 2 aromatic carbocycles. The van der Waals surface area contributed by atoms with Crippen LogP contribution in [0.3, 0.4) is 0 Å². The van der Waals surface area contributed by atoms with Crippen molar-refractivity contribution in [3.8, 4) is 5.75 Å². The Morgan fingerprint density at radius 1 is 0.897 bits per heavy atom. The third kappa shape index (κ3) is 5.13. The number of nitrogens with zero attached hydrogens (tertiary/aromatic N) is 2. The van der Waals surface area contributed by atoms with Crippen molar-refractivity contribution in [1.29, 1.82) is 0 Å². The number of ether oxygens (including phenoxy) is 1. The van der Waals surface area contributed by atoms with Crippen LogP contribution in [0.2, 0.25) is 0 Å². The summed E-state index contributed by atoms with van der Waals surface area (Å²) in [6.45, 7) is 3.86. The Morgan fingerprint density at radius 2 is 1.55 bits per heavy atom. The molecule has 1 heterocycles. The summed E-state index contributed by atoms with van der Waals surface area (Å²) in [7, 11) is 1.25. The largest absolute Gasteiger partial charge is 0.497 e. The van der Waals surface area contributed by atoms with Crippen molar-refractivity contribution >= 4 is 23.1 Å². The minimum absolute atomic E-state index is 0.0216. The topological polar surface area (TPSA) is 59.1 Å². The number of aromatic nitrogens is 2. The average Bonchev–Trinajstić information content (AvgIpc) is 2.62. The van der Waals surface area contributed by atoms with E-state index >= 15 is 0 Å². The van der Waals surface area contributed by atoms with E-state index in [1.165, 1.54) is 13.2 Å². The van der Waals surface area contributed by atoms with Gasteiger partial charge in [-0.15, -0.1) is 0 Å². The summed E-state index contributed by atoms with van der Waals surface area (Å²) in [6.07, 6.45) is -3.64. The fraction of sp³-hybridized carbons (Fsp3) is 0.200. The van der Waals surface area contributed by atoms with E-state index in [0.29, 0.717) is 5.69 Å². The van der Waals surface area contributed by atoms with Crippen molar-refractivity contribution in [3.63, 3.8) is 0 Å². The van der Waals surface area contributed by atoms with Crippen LogP contribution in [-0.2, 0) is 6.18 Å². The second kappa shape index (κ2) is 7.94. The number of methoxy groups -OCH3 is 1. The molecule has 3 rings (SSSR count). The molecular weight excluding hydrogens is 388 g/mol. The van der Waals surface area contributed by atoms with Gasteiger partial charge in [0, 0.05) is 17.4 Å². The number of hydrogen-bond donors (Lipinski definition) is 2. The molecular formula is C20H18F4N4O. The van der Waals surface area contributed by atoms with Gasteiger partial charge in [-0.3, -0.25) is 0 Å². The van der Waals surface area contributed by atoms with Gasteiger partial charge in [-0.2, -0.15) is 18.2 Å². The summed E-state index contributed by atoms with van der Waals surface area (Å²) in [6, 6.07) is 8.74. The van der Waals surface area contributed by atoms with E-state index in [0.717, 1.165) is 29.5 Å². The molecule has 0 amide bonds. The molecule has 2 N–H and O–H groups in total. The van der Waals surface area contributed by atoms with Crippen LogP contribution in [0.1, 0.15) is 16.7 Å². The van der Waals surface area contributed by atoms with Crippen molar-refractivity contribution in [2.75, 3.05) is 17.7 Å². The Morgan fingerprint density at radius 3 is 2.17 bits per heavy atom. The number of rotatable bonds is 5. The summed E-state index contributed by atoms with van der Waals surface area (Å²) in [5.41, 5.74) is 1.79. The van der Waals surface area contributed by atoms with E-state index in [1.807, 2.05) is 32.0 Å². The Labute approximate surface area is 164 Å². The standard InChI is InChI=1S/C20H18F4N4O/c1-11-4-12(2)6-14(5-11)27-19-25-10-17(21)18(28-19)26-15-7-13(20(22,23)24)8-16(9-15)29-3/h4-10H,1-3H3,(H2,25,26,27,28). The molecule has 0 radical (unpaired) electrons. The van der Waals surface area contributed by atoms with E-state index < -0.39 is 17.6 Å². The lowest BCUT2D eigenvalue weighted by Gasteiger charge is -2.14. The fourth-order valence-electron chi connectivity index (χ4n) is 2.78. The molecule has 9 heteroatoms. The zero-order valence-corrected chi connectivity index (χ0v) is 15.9. The minimum atomic E-state index is -4.58. The molecule has 0 spiro atoms. The van der Waals surface area contributed by atoms with E-state index in [2.05, 4.69) is 20.6 Å². The third-order valence-electron chi connectivity index (χ3n) is 3.95. The normalized spacial score (nSPS) is 11.3. The summed E-state index contributed by atoms with van der Waals surface area (Å²) in [5, 5.41) is 5.53. The molecule has 0 fully saturated rings. The Balaban J connectivity index is 1.91. The van der Waals surface area contributed by atoms with E-state index in [4.69, 9.17) is 4.74 Å². The van der Waals surface area contributed by atoms with Crippen molar-refractivity contribution in [3.05, 3.63) is 65.1 Å². The number of aryl methyl sites for hydroxylation is 2. The zero-order valence-electron chi connectivity index (χ0n) is 15.9. The molecule has 5 nitrogen and oxygen atoms in total. The van der Waals surface area contributed by atoms with Crippen molar-refractivity contribution in [1.82, 2.24) is 9.97 Å². The number of anilines is 4. The highest BCUT2D eigenvalue weighted by molar-refractivity contribution is 5.63. The summed E-state index contributed by atoms with van der Waals surface area (Å²) >= 11 is 0. The Hall–Kier alpha value is -3.36. The Kier molecular flexibility index (Phi) is 5.58. The van der Waals surface area contributed by atoms with Crippen LogP contribution in [0, 0.1) is 19.7 Å². The fourth-order valence-corrected chi connectivity index (χ4v) is 2.78. The maximum Gasteiger partial charge on any atom is 0.416 e. The first kappa shape index (κ1) is 20.4. The second-order valence-electron chi connectivity index (χ2n) is 6.46. The molecule has 0 bridgehead atoms. The second-order valence-corrected chi connectivity index (χ2v) is 6.46. The van der Waals surface area contributed by atoms with Gasteiger partial charge in [-0.1, -0.05) is 6.07 Å². The van der Waals surface area contributed by atoms with Gasteiger partial charge in [-0.25, -0.2) is 9.37 Å². The van der Waals surface area contributed by atoms with Gasteiger partial charge in [0.15, 0.2) is 11.6 Å². The lowest BCUT2D eigenvalue weighted by molar-refractivity contribution is -0.137. The number of hydrogen-bond acceptors (Lipinski definition) is 5. The molecule has 0 saturated carbocycles. The summed E-state index contributed by atoms with van der Waals surface area (Å²) in [4.78, 5) is 7.92. The third-order valence-corrected chi connectivity index (χ3v) is 3.95. The predicted octanol–water partition coefficient (Wildman–Crippen LogP) is 5.75. The molecule has 0 aliphatic carbocycles. The summed E-state index contributed by atoms with van der Waals surface area (Å²) in [5.74, 6) is -1.01. The first-order valence-corrected chi connectivity index (χ1v) is 8.55. The van der Waals surface area contributed by atoms with E-state index in [-0.39, 0.29) is 23.2 Å². The van der Waals surface area contributed by atoms with Crippen LogP contribution in [0.5, 0.6) is 5.75 Å². The van der Waals surface area contributed by atoms with E-state index in [1.54, 1.807) is 0 Å². The lowest BCUT2D eigenvalue weighted by Crippen LogP contribution is -2.07. The monoisotopic (exact) mass is 406 g/mol. The predicted molar refractivity (Wildman–Crippen MR) is 102 cm³/mol. The number of halogens is 4. The van der Waals surface area contributed by atoms with Crippen molar-refractivity contribution < 1.29 is 22.3 Å². The first-order valence-electron chi connectivity index (χ1n) is 8.55. The molecule has 0 saturated heterocycles. The van der Waals surface area contributed by atoms with Crippen LogP contribution in [-0.4, -0.2) is 17.1 Å². The van der Waals surface area contributed by atoms with Crippen LogP contribution in [0.15, 0.2) is 42.6 Å². The zero-order chi connectivity index (χ0) is 21.2. The highest BCUT2D eigenvalue weighted by Gasteiger charge is 2.31. The highest BCUT2D eigenvalue weighted by Crippen LogP contribution is 2.35. The van der Waals surface area contributed by atoms with Gasteiger partial charge in [0.2, 0.25) is 5.95 Å². The molecule has 0 atom stereocenters. The van der Waals surface area contributed by atoms with Crippen molar-refractivity contribution in [2.45, 2.75) is 20.0 Å². The first-order chi connectivity index (χ1) is 13.6.